The number of esters is 1. The average Bonchev–Trinajstić information content (AvgIpc) is 3.04. The Labute approximate surface area is 160 Å². The third-order valence-electron chi connectivity index (χ3n) is 5.33. The fourth-order valence-electron chi connectivity index (χ4n) is 4.03. The summed E-state index contributed by atoms with van der Waals surface area (Å²) in [5, 5.41) is 0. The maximum Gasteiger partial charge on any atom is 0.339 e. The summed E-state index contributed by atoms with van der Waals surface area (Å²) in [5.41, 5.74) is 4.71. The number of ketones is 1. The molecule has 1 aliphatic carbocycles. The van der Waals surface area contributed by atoms with Gasteiger partial charge in [0.2, 0.25) is 11.1 Å². The van der Waals surface area contributed by atoms with Crippen LogP contribution in [0.25, 0.3) is 6.08 Å². The van der Waals surface area contributed by atoms with Crippen LogP contribution in [0.3, 0.4) is 0 Å². The third-order valence-corrected chi connectivity index (χ3v) is 6.60. The second-order valence-electron chi connectivity index (χ2n) is 7.05. The van der Waals surface area contributed by atoms with Crippen LogP contribution in [0.2, 0.25) is 0 Å². The van der Waals surface area contributed by atoms with E-state index in [2.05, 4.69) is 11.9 Å². The van der Waals surface area contributed by atoms with Crippen LogP contribution in [-0.2, 0) is 35.4 Å². The summed E-state index contributed by atoms with van der Waals surface area (Å²) >= 11 is -1.86. The molecule has 3 aliphatic rings. The number of aromatic amines is 1. The maximum atomic E-state index is 12.6. The van der Waals surface area contributed by atoms with Gasteiger partial charge in [-0.05, 0) is 42.6 Å². The molecular weight excluding hydrogens is 366 g/mol. The molecule has 2 unspecified atom stereocenters. The van der Waals surface area contributed by atoms with Crippen LogP contribution in [0.4, 0.5) is 0 Å². The first kappa shape index (κ1) is 18.1. The number of ether oxygens (including phenoxy) is 1. The Morgan fingerprint density at radius 2 is 2.15 bits per heavy atom. The zero-order valence-electron chi connectivity index (χ0n) is 15.3. The van der Waals surface area contributed by atoms with E-state index >= 15 is 0 Å². The first-order valence-corrected chi connectivity index (χ1v) is 10.3. The van der Waals surface area contributed by atoms with Gasteiger partial charge in [-0.15, -0.1) is 0 Å². The molecule has 142 valence electrons. The Morgan fingerprint density at radius 1 is 1.33 bits per heavy atom. The SMILES string of the molecule is CC(=O)/C(=C\c1[nH]cc2c1CCOC2=O)C1=C2CCO[SH+](=O)C2=CCC1C. The van der Waals surface area contributed by atoms with E-state index in [4.69, 9.17) is 8.92 Å². The van der Waals surface area contributed by atoms with Crippen LogP contribution in [0.5, 0.6) is 0 Å². The minimum absolute atomic E-state index is 0.0472. The van der Waals surface area contributed by atoms with E-state index < -0.39 is 11.1 Å². The van der Waals surface area contributed by atoms with Gasteiger partial charge < -0.3 is 9.72 Å². The van der Waals surface area contributed by atoms with E-state index in [1.807, 2.05) is 12.2 Å². The first-order valence-electron chi connectivity index (χ1n) is 9.11. The van der Waals surface area contributed by atoms with Gasteiger partial charge in [0.05, 0.1) is 12.2 Å². The predicted molar refractivity (Wildman–Crippen MR) is 102 cm³/mol. The molecule has 1 saturated heterocycles. The molecule has 1 fully saturated rings. The zero-order chi connectivity index (χ0) is 19.1. The Hall–Kier alpha value is -2.25. The Bertz CT molecular complexity index is 950. The lowest BCUT2D eigenvalue weighted by Crippen LogP contribution is -2.22. The number of Topliss-reactive ketones (excluding diaryl/α,β-unsaturated/α-hetero) is 1. The zero-order valence-corrected chi connectivity index (χ0v) is 16.2. The fourth-order valence-corrected chi connectivity index (χ4v) is 5.13. The highest BCUT2D eigenvalue weighted by atomic mass is 32.2. The van der Waals surface area contributed by atoms with Crippen molar-refractivity contribution in [3.63, 3.8) is 0 Å². The lowest BCUT2D eigenvalue weighted by atomic mass is 9.80. The molecule has 1 N–H and O–H groups in total. The second-order valence-corrected chi connectivity index (χ2v) is 8.31. The van der Waals surface area contributed by atoms with Crippen molar-refractivity contribution in [1.29, 1.82) is 0 Å². The third kappa shape index (κ3) is 3.15. The van der Waals surface area contributed by atoms with Gasteiger partial charge in [-0.25, -0.2) is 4.79 Å². The van der Waals surface area contributed by atoms with Crippen molar-refractivity contribution in [3.05, 3.63) is 50.7 Å². The van der Waals surface area contributed by atoms with Crippen LogP contribution in [-0.4, -0.2) is 30.0 Å². The summed E-state index contributed by atoms with van der Waals surface area (Å²) in [4.78, 5) is 28.3. The summed E-state index contributed by atoms with van der Waals surface area (Å²) in [6.45, 7) is 4.37. The summed E-state index contributed by atoms with van der Waals surface area (Å²) in [6, 6.07) is 0. The summed E-state index contributed by atoms with van der Waals surface area (Å²) in [6.07, 6.45) is 7.44. The number of nitrogens with one attached hydrogen (secondary N) is 1. The highest BCUT2D eigenvalue weighted by Crippen LogP contribution is 2.41. The molecule has 3 heterocycles. The smallest absolute Gasteiger partial charge is 0.339 e. The number of hydrogen-bond donors (Lipinski definition) is 1. The molecule has 0 aromatic carbocycles. The molecule has 0 spiro atoms. The number of cyclic esters (lactones) is 1. The lowest BCUT2D eigenvalue weighted by molar-refractivity contribution is -0.113. The molecule has 0 amide bonds. The molecule has 1 aromatic heterocycles. The number of allylic oxidation sites excluding steroid dienone is 4. The molecule has 1 aromatic rings. The van der Waals surface area contributed by atoms with E-state index in [0.717, 1.165) is 33.7 Å². The standard InChI is InChI=1S/C20H21NO5S/c1-11-3-4-18-14(6-8-26-27(18)24)19(11)15(12(2)22)9-17-13-5-7-25-20(23)16(13)10-21-17/h4,9-11,21H,3,5-8H2,1-2H3/p+1/b15-9+. The van der Waals surface area contributed by atoms with Crippen LogP contribution in [0.15, 0.2) is 33.9 Å². The molecular formula is C20H22NO5S+. The number of thiol groups is 1. The monoisotopic (exact) mass is 388 g/mol. The first-order chi connectivity index (χ1) is 13.0. The summed E-state index contributed by atoms with van der Waals surface area (Å²) in [5.74, 6) is -0.235. The second kappa shape index (κ2) is 7.05. The number of H-pyrrole nitrogens is 1. The van der Waals surface area contributed by atoms with Gasteiger partial charge >= 0.3 is 5.97 Å². The van der Waals surface area contributed by atoms with Gasteiger partial charge in [0.25, 0.3) is 0 Å². The van der Waals surface area contributed by atoms with Gasteiger partial charge in [-0.2, -0.15) is 4.18 Å². The Balaban J connectivity index is 1.85. The average molecular weight is 388 g/mol. The minimum atomic E-state index is -1.86. The largest absolute Gasteiger partial charge is 0.462 e. The Morgan fingerprint density at radius 3 is 2.93 bits per heavy atom. The van der Waals surface area contributed by atoms with E-state index in [1.54, 1.807) is 13.1 Å². The molecule has 2 aliphatic heterocycles. The van der Waals surface area contributed by atoms with Crippen LogP contribution < -0.4 is 0 Å². The van der Waals surface area contributed by atoms with Gasteiger partial charge in [0.1, 0.15) is 6.61 Å². The van der Waals surface area contributed by atoms with E-state index in [9.17, 15) is 13.8 Å². The minimum Gasteiger partial charge on any atom is -0.462 e. The molecule has 27 heavy (non-hydrogen) atoms. The number of hydrogen-bond acceptors (Lipinski definition) is 5. The molecule has 2 atom stereocenters. The number of aromatic nitrogens is 1. The van der Waals surface area contributed by atoms with Crippen LogP contribution >= 0.6 is 0 Å². The normalized spacial score (nSPS) is 25.5. The van der Waals surface area contributed by atoms with Crippen molar-refractivity contribution in [3.8, 4) is 0 Å². The quantitative estimate of drug-likeness (QED) is 0.372. The molecule has 0 saturated carbocycles. The number of carbonyl (C=O) groups excluding carboxylic acids is 2. The lowest BCUT2D eigenvalue weighted by Gasteiger charge is -2.26. The highest BCUT2D eigenvalue weighted by molar-refractivity contribution is 7.84. The molecule has 4 rings (SSSR count). The maximum absolute atomic E-state index is 12.6. The van der Waals surface area contributed by atoms with E-state index in [1.165, 1.54) is 0 Å². The number of rotatable bonds is 3. The number of carbonyl (C=O) groups is 2. The fraction of sp³-hybridized carbons (Fsp3) is 0.400. The van der Waals surface area contributed by atoms with Crippen molar-refractivity contribution in [2.24, 2.45) is 5.92 Å². The van der Waals surface area contributed by atoms with Crippen LogP contribution in [0.1, 0.15) is 48.3 Å². The van der Waals surface area contributed by atoms with Crippen molar-refractivity contribution in [1.82, 2.24) is 4.98 Å². The van der Waals surface area contributed by atoms with Gasteiger partial charge in [0.15, 0.2) is 10.7 Å². The molecule has 0 bridgehead atoms. The molecule has 7 heteroatoms. The van der Waals surface area contributed by atoms with Gasteiger partial charge in [0, 0.05) is 35.9 Å². The Kier molecular flexibility index (Phi) is 4.74. The van der Waals surface area contributed by atoms with Gasteiger partial charge in [-0.1, -0.05) is 11.1 Å². The summed E-state index contributed by atoms with van der Waals surface area (Å²) in [7, 11) is 0. The highest BCUT2D eigenvalue weighted by Gasteiger charge is 2.35. The van der Waals surface area contributed by atoms with Gasteiger partial charge in [-0.3, -0.25) is 4.79 Å². The predicted octanol–water partition coefficient (Wildman–Crippen LogP) is 2.95. The van der Waals surface area contributed by atoms with Crippen molar-refractivity contribution >= 4 is 28.9 Å². The van der Waals surface area contributed by atoms with Crippen molar-refractivity contribution in [2.45, 2.75) is 33.1 Å². The van der Waals surface area contributed by atoms with Crippen molar-refractivity contribution in [2.75, 3.05) is 13.2 Å². The topological polar surface area (TPSA) is 85.5 Å². The molecule has 0 radical (unpaired) electrons. The van der Waals surface area contributed by atoms with Crippen LogP contribution in [0, 0.1) is 5.92 Å². The molecule has 6 nitrogen and oxygen atoms in total. The van der Waals surface area contributed by atoms with E-state index in [0.29, 0.717) is 37.2 Å². The van der Waals surface area contributed by atoms with Crippen molar-refractivity contribution < 1.29 is 22.7 Å². The number of fused-ring (bicyclic) bond motifs is 2. The summed E-state index contributed by atoms with van der Waals surface area (Å²) < 4.78 is 22.7. The van der Waals surface area contributed by atoms with E-state index in [-0.39, 0.29) is 17.7 Å².